The van der Waals surface area contributed by atoms with Crippen LogP contribution in [0.1, 0.15) is 64.8 Å². The number of carbonyl (C=O) groups excluding carboxylic acids is 1. The van der Waals surface area contributed by atoms with Gasteiger partial charge in [-0.25, -0.2) is 0 Å². The van der Waals surface area contributed by atoms with Crippen LogP contribution in [0.3, 0.4) is 0 Å². The van der Waals surface area contributed by atoms with Crippen LogP contribution in [0.5, 0.6) is 0 Å². The Labute approximate surface area is 108 Å². The maximum Gasteiger partial charge on any atom is 0.237 e. The predicted octanol–water partition coefficient (Wildman–Crippen LogP) is 2.89. The SMILES string of the molecule is CCOC(c1noc(C(CC)C(C)=O)n1)C(C)C. The normalized spacial score (nSPS) is 14.8. The van der Waals surface area contributed by atoms with Gasteiger partial charge >= 0.3 is 0 Å². The zero-order chi connectivity index (χ0) is 13.7. The van der Waals surface area contributed by atoms with E-state index in [9.17, 15) is 4.79 Å². The molecule has 1 heterocycles. The smallest absolute Gasteiger partial charge is 0.237 e. The van der Waals surface area contributed by atoms with Crippen molar-refractivity contribution in [2.45, 2.75) is 53.1 Å². The molecule has 1 aromatic rings. The van der Waals surface area contributed by atoms with Crippen molar-refractivity contribution in [3.63, 3.8) is 0 Å². The van der Waals surface area contributed by atoms with Crippen LogP contribution in [-0.2, 0) is 9.53 Å². The van der Waals surface area contributed by atoms with E-state index in [2.05, 4.69) is 10.1 Å². The zero-order valence-electron chi connectivity index (χ0n) is 11.8. The van der Waals surface area contributed by atoms with Crippen LogP contribution in [0.15, 0.2) is 4.52 Å². The van der Waals surface area contributed by atoms with E-state index < -0.39 is 0 Å². The first-order chi connectivity index (χ1) is 8.51. The molecule has 2 unspecified atom stereocenters. The van der Waals surface area contributed by atoms with Gasteiger partial charge in [-0.3, -0.25) is 4.79 Å². The van der Waals surface area contributed by atoms with Gasteiger partial charge in [-0.2, -0.15) is 4.98 Å². The van der Waals surface area contributed by atoms with Gasteiger partial charge in [0, 0.05) is 6.61 Å². The van der Waals surface area contributed by atoms with E-state index in [0.717, 1.165) is 0 Å². The maximum atomic E-state index is 11.5. The molecule has 1 aromatic heterocycles. The number of hydrogen-bond acceptors (Lipinski definition) is 5. The van der Waals surface area contributed by atoms with Gasteiger partial charge in [-0.15, -0.1) is 0 Å². The highest BCUT2D eigenvalue weighted by Gasteiger charge is 2.26. The molecule has 0 bridgehead atoms. The number of carbonyl (C=O) groups is 1. The molecule has 0 aliphatic heterocycles. The fourth-order valence-electron chi connectivity index (χ4n) is 1.89. The van der Waals surface area contributed by atoms with Crippen molar-refractivity contribution in [2.24, 2.45) is 5.92 Å². The van der Waals surface area contributed by atoms with Crippen LogP contribution in [-0.4, -0.2) is 22.5 Å². The minimum Gasteiger partial charge on any atom is -0.370 e. The highest BCUT2D eigenvalue weighted by Crippen LogP contribution is 2.26. The topological polar surface area (TPSA) is 65.2 Å². The molecule has 18 heavy (non-hydrogen) atoms. The van der Waals surface area contributed by atoms with Crippen molar-refractivity contribution in [3.05, 3.63) is 11.7 Å². The second kappa shape index (κ2) is 6.64. The quantitative estimate of drug-likeness (QED) is 0.748. The lowest BCUT2D eigenvalue weighted by atomic mass is 10.0. The van der Waals surface area contributed by atoms with E-state index in [1.807, 2.05) is 27.7 Å². The molecule has 0 fully saturated rings. The fourth-order valence-corrected chi connectivity index (χ4v) is 1.89. The van der Waals surface area contributed by atoms with E-state index in [1.165, 1.54) is 0 Å². The Morgan fingerprint density at radius 2 is 2.06 bits per heavy atom. The Balaban J connectivity index is 2.93. The lowest BCUT2D eigenvalue weighted by molar-refractivity contribution is -0.119. The Kier molecular flexibility index (Phi) is 5.47. The van der Waals surface area contributed by atoms with E-state index in [-0.39, 0.29) is 23.7 Å². The average molecular weight is 254 g/mol. The molecule has 5 heteroatoms. The number of rotatable bonds is 7. The predicted molar refractivity (Wildman–Crippen MR) is 67.2 cm³/mol. The summed E-state index contributed by atoms with van der Waals surface area (Å²) in [4.78, 5) is 15.8. The number of ketones is 1. The van der Waals surface area contributed by atoms with Gasteiger partial charge in [0.15, 0.2) is 0 Å². The molecule has 0 aliphatic carbocycles. The van der Waals surface area contributed by atoms with Crippen molar-refractivity contribution < 1.29 is 14.1 Å². The number of ether oxygens (including phenoxy) is 1. The van der Waals surface area contributed by atoms with Crippen LogP contribution in [0, 0.1) is 5.92 Å². The van der Waals surface area contributed by atoms with Crippen molar-refractivity contribution in [1.82, 2.24) is 10.1 Å². The molecule has 0 spiro atoms. The Morgan fingerprint density at radius 1 is 1.39 bits per heavy atom. The van der Waals surface area contributed by atoms with Gasteiger partial charge in [-0.05, 0) is 26.2 Å². The zero-order valence-corrected chi connectivity index (χ0v) is 11.8. The molecule has 0 saturated heterocycles. The lowest BCUT2D eigenvalue weighted by Gasteiger charge is -2.16. The van der Waals surface area contributed by atoms with Gasteiger partial charge in [0.05, 0.1) is 5.92 Å². The molecule has 0 N–H and O–H groups in total. The third-order valence-electron chi connectivity index (χ3n) is 2.86. The average Bonchev–Trinajstić information content (AvgIpc) is 2.75. The fraction of sp³-hybridized carbons (Fsp3) is 0.769. The van der Waals surface area contributed by atoms with Crippen LogP contribution in [0.4, 0.5) is 0 Å². The molecule has 0 amide bonds. The Hall–Kier alpha value is -1.23. The van der Waals surface area contributed by atoms with Crippen LogP contribution in [0.25, 0.3) is 0 Å². The van der Waals surface area contributed by atoms with Crippen molar-refractivity contribution in [3.8, 4) is 0 Å². The van der Waals surface area contributed by atoms with E-state index >= 15 is 0 Å². The highest BCUT2D eigenvalue weighted by molar-refractivity contribution is 5.82. The lowest BCUT2D eigenvalue weighted by Crippen LogP contribution is -2.13. The summed E-state index contributed by atoms with van der Waals surface area (Å²) >= 11 is 0. The summed E-state index contributed by atoms with van der Waals surface area (Å²) in [5, 5.41) is 3.94. The minimum atomic E-state index is -0.305. The van der Waals surface area contributed by atoms with Gasteiger partial charge in [0.1, 0.15) is 11.9 Å². The van der Waals surface area contributed by atoms with E-state index in [0.29, 0.717) is 24.7 Å². The third-order valence-corrected chi connectivity index (χ3v) is 2.86. The number of hydrogen-bond donors (Lipinski definition) is 0. The first-order valence-corrected chi connectivity index (χ1v) is 6.46. The molecule has 0 saturated carbocycles. The molecule has 0 aliphatic rings. The monoisotopic (exact) mass is 254 g/mol. The summed E-state index contributed by atoms with van der Waals surface area (Å²) in [5.74, 6) is 0.922. The van der Waals surface area contributed by atoms with E-state index in [1.54, 1.807) is 6.92 Å². The number of aromatic nitrogens is 2. The summed E-state index contributed by atoms with van der Waals surface area (Å²) in [6.07, 6.45) is 0.481. The van der Waals surface area contributed by atoms with Crippen LogP contribution in [0.2, 0.25) is 0 Å². The third kappa shape index (κ3) is 3.38. The van der Waals surface area contributed by atoms with Crippen molar-refractivity contribution >= 4 is 5.78 Å². The summed E-state index contributed by atoms with van der Waals surface area (Å²) < 4.78 is 10.8. The molecule has 0 radical (unpaired) electrons. The summed E-state index contributed by atoms with van der Waals surface area (Å²) in [7, 11) is 0. The Bertz CT molecular complexity index is 387. The van der Waals surface area contributed by atoms with Crippen molar-refractivity contribution in [1.29, 1.82) is 0 Å². The van der Waals surface area contributed by atoms with Gasteiger partial charge < -0.3 is 9.26 Å². The summed E-state index contributed by atoms with van der Waals surface area (Å²) in [6, 6.07) is 0. The molecule has 102 valence electrons. The number of nitrogens with zero attached hydrogens (tertiary/aromatic N) is 2. The summed E-state index contributed by atoms with van der Waals surface area (Å²) in [5.41, 5.74) is 0. The second-order valence-electron chi connectivity index (χ2n) is 4.68. The van der Waals surface area contributed by atoms with Crippen LogP contribution >= 0.6 is 0 Å². The molecular weight excluding hydrogens is 232 g/mol. The number of Topliss-reactive ketones (excluding diaryl/α,β-unsaturated/α-hetero) is 1. The Morgan fingerprint density at radius 3 is 2.50 bits per heavy atom. The van der Waals surface area contributed by atoms with Gasteiger partial charge in [-0.1, -0.05) is 25.9 Å². The largest absolute Gasteiger partial charge is 0.370 e. The molecule has 5 nitrogen and oxygen atoms in total. The van der Waals surface area contributed by atoms with Crippen LogP contribution < -0.4 is 0 Å². The first kappa shape index (κ1) is 14.8. The standard InChI is InChI=1S/C13H22N2O3/c1-6-10(9(5)16)13-14-12(15-18-13)11(8(3)4)17-7-2/h8,10-11H,6-7H2,1-5H3. The van der Waals surface area contributed by atoms with Gasteiger partial charge in [0.2, 0.25) is 11.7 Å². The first-order valence-electron chi connectivity index (χ1n) is 6.46. The maximum absolute atomic E-state index is 11.5. The molecule has 1 rings (SSSR count). The molecule has 2 atom stereocenters. The molecular formula is C13H22N2O3. The van der Waals surface area contributed by atoms with Crippen molar-refractivity contribution in [2.75, 3.05) is 6.61 Å². The van der Waals surface area contributed by atoms with Gasteiger partial charge in [0.25, 0.3) is 0 Å². The minimum absolute atomic E-state index is 0.0465. The molecule has 0 aromatic carbocycles. The van der Waals surface area contributed by atoms with E-state index in [4.69, 9.17) is 9.26 Å². The second-order valence-corrected chi connectivity index (χ2v) is 4.68. The summed E-state index contributed by atoms with van der Waals surface area (Å²) in [6.45, 7) is 10.1. The highest BCUT2D eigenvalue weighted by atomic mass is 16.5.